The van der Waals surface area contributed by atoms with Crippen LogP contribution in [0.4, 0.5) is 0 Å². The highest BCUT2D eigenvalue weighted by Crippen LogP contribution is 2.08. The molecule has 0 fully saturated rings. The first kappa shape index (κ1) is 14.7. The number of benzene rings is 1. The molecule has 6 nitrogen and oxygen atoms in total. The quantitative estimate of drug-likeness (QED) is 0.813. The maximum Gasteiger partial charge on any atom is 0.339 e. The van der Waals surface area contributed by atoms with Gasteiger partial charge < -0.3 is 15.0 Å². The van der Waals surface area contributed by atoms with E-state index in [1.807, 2.05) is 30.3 Å². The fourth-order valence-corrected chi connectivity index (χ4v) is 2.09. The van der Waals surface area contributed by atoms with Gasteiger partial charge in [-0.2, -0.15) is 0 Å². The van der Waals surface area contributed by atoms with Crippen molar-refractivity contribution in [2.45, 2.75) is 27.8 Å². The Kier molecular flexibility index (Phi) is 5.30. The lowest BCUT2D eigenvalue weighted by Crippen LogP contribution is -2.30. The van der Waals surface area contributed by atoms with Crippen LogP contribution in [0.5, 0.6) is 0 Å². The number of aryl methyl sites for hydroxylation is 1. The zero-order valence-electron chi connectivity index (χ0n) is 19.0. The summed E-state index contributed by atoms with van der Waals surface area (Å²) in [6, 6.07) is 10.6. The van der Waals surface area contributed by atoms with Crippen LogP contribution < -0.4 is 10.9 Å². The third-order valence-corrected chi connectivity index (χ3v) is 3.27. The Balaban J connectivity index is -0.000000419. The van der Waals surface area contributed by atoms with E-state index in [2.05, 4.69) is 10.3 Å². The number of aromatic nitrogens is 1. The molecule has 0 spiro atoms. The zero-order chi connectivity index (χ0) is 22.8. The molecule has 0 saturated heterocycles. The molecule has 0 aliphatic rings. The molecule has 1 heterocycles. The maximum absolute atomic E-state index is 12.2. The fourth-order valence-electron chi connectivity index (χ4n) is 2.09. The number of H-pyrrole nitrogens is 1. The van der Waals surface area contributed by atoms with Gasteiger partial charge in [0.15, 0.2) is 0 Å². The smallest absolute Gasteiger partial charge is 0.339 e. The molecule has 2 rings (SSSR count). The van der Waals surface area contributed by atoms with E-state index in [1.54, 1.807) is 13.8 Å². The summed E-state index contributed by atoms with van der Waals surface area (Å²) in [5, 5.41) is 2.66. The number of amides is 1. The van der Waals surface area contributed by atoms with E-state index in [-0.39, 0.29) is 26.6 Å². The number of ether oxygens (including phenoxy) is 1. The van der Waals surface area contributed by atoms with E-state index < -0.39 is 17.4 Å². The molecule has 24 heavy (non-hydrogen) atoms. The van der Waals surface area contributed by atoms with Gasteiger partial charge >= 0.3 is 5.97 Å². The third kappa shape index (κ3) is 4.55. The van der Waals surface area contributed by atoms with Crippen LogP contribution in [-0.4, -0.2) is 23.5 Å². The number of rotatable bonds is 5. The Morgan fingerprint density at radius 3 is 2.54 bits per heavy atom. The molecule has 136 valence electrons. The summed E-state index contributed by atoms with van der Waals surface area (Å²) in [7, 11) is 0. The van der Waals surface area contributed by atoms with Crippen molar-refractivity contribution in [1.82, 2.24) is 10.3 Å². The van der Waals surface area contributed by atoms with Crippen LogP contribution in [0.25, 0.3) is 0 Å². The average molecular weight is 345 g/mol. The Morgan fingerprint density at radius 2 is 1.92 bits per heavy atom. The van der Waals surface area contributed by atoms with Crippen molar-refractivity contribution in [2.75, 3.05) is 6.61 Å². The Labute approximate surface area is 151 Å². The zero-order valence-corrected chi connectivity index (χ0v) is 13.0. The molecule has 0 radical (unpaired) electrons. The van der Waals surface area contributed by atoms with E-state index in [9.17, 15) is 14.4 Å². The lowest BCUT2D eigenvalue weighted by Gasteiger charge is -2.09. The van der Waals surface area contributed by atoms with Gasteiger partial charge in [0.1, 0.15) is 5.56 Å². The summed E-state index contributed by atoms with van der Waals surface area (Å²) < 4.78 is 34.9. The van der Waals surface area contributed by atoms with E-state index >= 15 is 0 Å². The molecule has 0 unspecified atom stereocenters. The number of esters is 1. The first-order valence-corrected chi connectivity index (χ1v) is 7.26. The molecule has 0 atom stereocenters. The normalized spacial score (nSPS) is 10.8. The largest absolute Gasteiger partial charge is 0.462 e. The van der Waals surface area contributed by atoms with Gasteiger partial charge in [-0.25, -0.2) is 4.79 Å². The van der Waals surface area contributed by atoms with Gasteiger partial charge in [0, 0.05) is 22.6 Å². The molecular formula is C18H30N2O4. The summed E-state index contributed by atoms with van der Waals surface area (Å²) >= 11 is 0. The first-order valence-electron chi connectivity index (χ1n) is 10.3. The molecule has 1 aromatic heterocycles. The molecule has 6 heteroatoms. The minimum absolute atomic E-state index is 0. The van der Waals surface area contributed by atoms with Crippen LogP contribution in [-0.2, 0) is 11.3 Å². The van der Waals surface area contributed by atoms with Crippen molar-refractivity contribution >= 4 is 11.9 Å². The number of carbonyl (C=O) groups excluding carboxylic acids is 2. The van der Waals surface area contributed by atoms with Crippen LogP contribution in [0.15, 0.2) is 41.2 Å². The minimum atomic E-state index is -0.571. The predicted octanol–water partition coefficient (Wildman–Crippen LogP) is 3.41. The summed E-state index contributed by atoms with van der Waals surface area (Å²) in [4.78, 5) is 38.5. The summed E-state index contributed by atoms with van der Waals surface area (Å²) in [5.41, 5.74) is 0.801. The highest BCUT2D eigenvalue weighted by molar-refractivity contribution is 5.98. The van der Waals surface area contributed by atoms with E-state index in [1.165, 1.54) is 6.07 Å². The van der Waals surface area contributed by atoms with Crippen molar-refractivity contribution in [1.29, 1.82) is 0 Å². The second-order valence-electron chi connectivity index (χ2n) is 4.94. The van der Waals surface area contributed by atoms with Crippen molar-refractivity contribution in [3.63, 3.8) is 0 Å². The average Bonchev–Trinajstić information content (AvgIpc) is 2.77. The molecular weight excluding hydrogens is 308 g/mol. The third-order valence-electron chi connectivity index (χ3n) is 3.27. The molecule has 1 amide bonds. The fraction of sp³-hybridized carbons (Fsp3) is 0.278. The Morgan fingerprint density at radius 1 is 1.25 bits per heavy atom. The second kappa shape index (κ2) is 8.67. The van der Waals surface area contributed by atoms with Gasteiger partial charge in [0.2, 0.25) is 0 Å². The van der Waals surface area contributed by atoms with Gasteiger partial charge in [-0.05, 0) is 25.5 Å². The van der Waals surface area contributed by atoms with Gasteiger partial charge in [-0.1, -0.05) is 37.8 Å². The Bertz CT molecular complexity index is 790. The van der Waals surface area contributed by atoms with Crippen molar-refractivity contribution < 1.29 is 24.7 Å². The van der Waals surface area contributed by atoms with Crippen molar-refractivity contribution in [2.24, 2.45) is 0 Å². The lowest BCUT2D eigenvalue weighted by molar-refractivity contribution is 0.0525. The maximum atomic E-state index is 12.2. The van der Waals surface area contributed by atoms with E-state index in [0.717, 1.165) is 5.56 Å². The second-order valence-corrected chi connectivity index (χ2v) is 4.94. The van der Waals surface area contributed by atoms with E-state index in [4.69, 9.17) is 13.6 Å². The van der Waals surface area contributed by atoms with Crippen LogP contribution in [0, 0.1) is 6.92 Å². The van der Waals surface area contributed by atoms with Gasteiger partial charge in [-0.3, -0.25) is 9.59 Å². The number of aromatic amines is 1. The summed E-state index contributed by atoms with van der Waals surface area (Å²) in [6.45, 7) is 3.78. The van der Waals surface area contributed by atoms with Gasteiger partial charge in [0.25, 0.3) is 11.5 Å². The van der Waals surface area contributed by atoms with Crippen LogP contribution in [0.3, 0.4) is 0 Å². The van der Waals surface area contributed by atoms with Crippen LogP contribution >= 0.6 is 0 Å². The molecule has 0 saturated carbocycles. The van der Waals surface area contributed by atoms with Crippen molar-refractivity contribution in [3.05, 3.63) is 69.1 Å². The topological polar surface area (TPSA) is 88.3 Å². The molecule has 0 bridgehead atoms. The lowest BCUT2D eigenvalue weighted by atomic mass is 10.1. The predicted molar refractivity (Wildman–Crippen MR) is 101 cm³/mol. The molecule has 2 aromatic rings. The van der Waals surface area contributed by atoms with E-state index in [0.29, 0.717) is 12.2 Å². The molecule has 2 N–H and O–H groups in total. The number of hydrogen-bond acceptors (Lipinski definition) is 4. The van der Waals surface area contributed by atoms with Gasteiger partial charge in [-0.15, -0.1) is 0 Å². The standard InChI is InChI=1S/C17H18N2O4.CH4.4H2/c1-3-23-17(22)13-9-14(16(21)19-11(13)2)15(20)18-10-12-7-5-4-6-8-12;;;;;/h4-9H,3,10H2,1-2H3,(H,18,20)(H,19,21);1H4;4*1H/i;;3*1+1D;1+1. The molecule has 1 aromatic carbocycles. The highest BCUT2D eigenvalue weighted by Gasteiger charge is 2.17. The minimum Gasteiger partial charge on any atom is -0.462 e. The highest BCUT2D eigenvalue weighted by atomic mass is 16.5. The number of carbonyl (C=O) groups is 2. The monoisotopic (exact) mass is 345 g/mol. The van der Waals surface area contributed by atoms with Gasteiger partial charge in [0.05, 0.1) is 12.2 Å². The Hall–Kier alpha value is -2.89. The molecule has 0 aliphatic carbocycles. The van der Waals surface area contributed by atoms with Crippen LogP contribution in [0.1, 0.15) is 56.7 Å². The SMILES string of the molecule is C.CCOC(=O)c1cc(C(=O)NCc2ccccc2)c(=O)[nH]c1C.[2HH].[2H][2H].[2H][2H].[2H][2H]. The number of hydrogen-bond donors (Lipinski definition) is 2. The molecule has 0 aliphatic heterocycles. The summed E-state index contributed by atoms with van der Waals surface area (Å²) in [6.07, 6.45) is 0. The number of nitrogens with one attached hydrogen (secondary N) is 2. The summed E-state index contributed by atoms with van der Waals surface area (Å²) in [5.74, 6) is -1.11. The first-order chi connectivity index (χ1) is 14.0. The van der Waals surface area contributed by atoms with Crippen LogP contribution in [0.2, 0.25) is 0 Å². The number of pyridine rings is 1. The van der Waals surface area contributed by atoms with Crippen molar-refractivity contribution in [3.8, 4) is 0 Å².